The van der Waals surface area contributed by atoms with Gasteiger partial charge in [-0.2, -0.15) is 21.4 Å². The van der Waals surface area contributed by atoms with Gasteiger partial charge in [-0.1, -0.05) is 25.4 Å². The maximum absolute atomic E-state index is 12.0. The van der Waals surface area contributed by atoms with E-state index in [4.69, 9.17) is 11.6 Å². The van der Waals surface area contributed by atoms with Crippen molar-refractivity contribution in [3.8, 4) is 0 Å². The molecule has 2 N–H and O–H groups in total. The molecule has 2 aromatic rings. The van der Waals surface area contributed by atoms with Gasteiger partial charge >= 0.3 is 0 Å². The van der Waals surface area contributed by atoms with E-state index in [1.807, 2.05) is 52.0 Å². The van der Waals surface area contributed by atoms with Gasteiger partial charge in [0.2, 0.25) is 5.69 Å². The van der Waals surface area contributed by atoms with Crippen molar-refractivity contribution in [3.05, 3.63) is 82.6 Å². The SMILES string of the molecule is CC1(C)C(/C=C/C(Cl)=C/C=C2/N(CCC[N+](C)(C)C)c3ccc(S(=O)(=O)O)cc3C2(C)C)=[N+](CCC[N+](C)(C)C)c2ccc(S(=O)(=O)O)cc21. The third kappa shape index (κ3) is 8.96. The highest BCUT2D eigenvalue weighted by atomic mass is 35.5. The molecular weight excluding hydrogens is 696 g/mol. The highest BCUT2D eigenvalue weighted by molar-refractivity contribution is 7.86. The largest absolute Gasteiger partial charge is 0.344 e. The van der Waals surface area contributed by atoms with Crippen LogP contribution in [-0.2, 0) is 31.1 Å². The van der Waals surface area contributed by atoms with Gasteiger partial charge in [-0.15, -0.1) is 0 Å². The number of quaternary nitrogens is 2. The first kappa shape index (κ1) is 39.9. The molecule has 274 valence electrons. The van der Waals surface area contributed by atoms with Crippen LogP contribution in [0.25, 0.3) is 0 Å². The number of allylic oxidation sites excluding steroid dienone is 6. The van der Waals surface area contributed by atoms with Crippen LogP contribution >= 0.6 is 11.6 Å². The zero-order valence-electron chi connectivity index (χ0n) is 31.0. The van der Waals surface area contributed by atoms with Gasteiger partial charge in [-0.05, 0) is 68.0 Å². The van der Waals surface area contributed by atoms with E-state index in [9.17, 15) is 25.9 Å². The Kier molecular flexibility index (Phi) is 11.1. The lowest BCUT2D eigenvalue weighted by Crippen LogP contribution is -2.37. The standard InChI is InChI=1S/C37H52ClN4O6S2/c1-36(2)30-25-28(49(43,44)45)15-17-32(30)39(21-11-23-41(5,6)7)34(36)19-13-27(38)14-20-35-37(3,4)31-26-29(50(46,47)48)16-18-33(31)40(35)22-12-24-42(8,9)10/h13-20,25-26H,11-12,21-24H2,1-10H3/q+1/p+2. The van der Waals surface area contributed by atoms with Crippen LogP contribution in [0.2, 0.25) is 0 Å². The molecule has 0 aromatic heterocycles. The third-order valence-corrected chi connectivity index (χ3v) is 11.5. The van der Waals surface area contributed by atoms with Crippen molar-refractivity contribution < 1.29 is 39.5 Å². The number of anilines is 1. The molecule has 2 aliphatic heterocycles. The topological polar surface area (TPSA) is 115 Å². The van der Waals surface area contributed by atoms with Crippen molar-refractivity contribution >= 4 is 48.9 Å². The van der Waals surface area contributed by atoms with Gasteiger partial charge in [-0.3, -0.25) is 9.11 Å². The highest BCUT2D eigenvalue weighted by Crippen LogP contribution is 2.48. The Hall–Kier alpha value is -2.84. The first-order valence-corrected chi connectivity index (χ1v) is 20.0. The second-order valence-electron chi connectivity index (χ2n) is 16.4. The van der Waals surface area contributed by atoms with Crippen LogP contribution in [-0.4, -0.2) is 114 Å². The fourth-order valence-electron chi connectivity index (χ4n) is 6.89. The van der Waals surface area contributed by atoms with Crippen LogP contribution in [0.4, 0.5) is 11.4 Å². The summed E-state index contributed by atoms with van der Waals surface area (Å²) >= 11 is 6.89. The summed E-state index contributed by atoms with van der Waals surface area (Å²) in [7, 11) is 4.12. The van der Waals surface area contributed by atoms with E-state index in [1.54, 1.807) is 24.3 Å². The summed E-state index contributed by atoms with van der Waals surface area (Å²) in [6.45, 7) is 11.4. The predicted octanol–water partition coefficient (Wildman–Crippen LogP) is 6.11. The first-order valence-electron chi connectivity index (χ1n) is 16.8. The predicted molar refractivity (Wildman–Crippen MR) is 202 cm³/mol. The van der Waals surface area contributed by atoms with Crippen LogP contribution in [0, 0.1) is 0 Å². The molecule has 50 heavy (non-hydrogen) atoms. The van der Waals surface area contributed by atoms with Crippen molar-refractivity contribution in [2.24, 2.45) is 0 Å². The molecule has 0 saturated heterocycles. The normalized spacial score (nSPS) is 18.8. The number of hydrogen-bond donors (Lipinski definition) is 2. The molecule has 0 spiro atoms. The summed E-state index contributed by atoms with van der Waals surface area (Å²) in [5.74, 6) is 0. The molecule has 0 saturated carbocycles. The van der Waals surface area contributed by atoms with E-state index >= 15 is 0 Å². The van der Waals surface area contributed by atoms with Gasteiger partial charge in [0.25, 0.3) is 20.2 Å². The van der Waals surface area contributed by atoms with Gasteiger partial charge in [0.15, 0.2) is 12.3 Å². The Morgan fingerprint density at radius 3 is 1.92 bits per heavy atom. The average Bonchev–Trinajstić information content (AvgIpc) is 3.30. The molecule has 0 fully saturated rings. The van der Waals surface area contributed by atoms with Crippen LogP contribution in [0.5, 0.6) is 0 Å². The van der Waals surface area contributed by atoms with Crippen LogP contribution in [0.3, 0.4) is 0 Å². The summed E-state index contributed by atoms with van der Waals surface area (Å²) in [5, 5.41) is 0.471. The van der Waals surface area contributed by atoms with E-state index in [1.165, 1.54) is 12.1 Å². The second-order valence-corrected chi connectivity index (χ2v) is 19.7. The van der Waals surface area contributed by atoms with Gasteiger partial charge in [0, 0.05) is 52.5 Å². The maximum Gasteiger partial charge on any atom is 0.294 e. The molecule has 13 heteroatoms. The highest BCUT2D eigenvalue weighted by Gasteiger charge is 2.45. The Morgan fingerprint density at radius 1 is 0.820 bits per heavy atom. The van der Waals surface area contributed by atoms with Crippen LogP contribution in [0.15, 0.2) is 81.2 Å². The molecule has 2 aromatic carbocycles. The van der Waals surface area contributed by atoms with Gasteiger partial charge < -0.3 is 13.9 Å². The van der Waals surface area contributed by atoms with Crippen LogP contribution in [0.1, 0.15) is 51.7 Å². The summed E-state index contributed by atoms with van der Waals surface area (Å²) in [6, 6.07) is 9.51. The number of halogens is 1. The Bertz CT molecular complexity index is 2000. The minimum Gasteiger partial charge on any atom is -0.344 e. The van der Waals surface area contributed by atoms with E-state index in [0.717, 1.165) is 68.8 Å². The quantitative estimate of drug-likeness (QED) is 0.110. The van der Waals surface area contributed by atoms with Crippen LogP contribution < -0.4 is 4.90 Å². The van der Waals surface area contributed by atoms with Crippen molar-refractivity contribution in [2.45, 2.75) is 61.2 Å². The summed E-state index contributed by atoms with van der Waals surface area (Å²) < 4.78 is 71.5. The van der Waals surface area contributed by atoms with Gasteiger partial charge in [0.05, 0.1) is 77.0 Å². The number of benzene rings is 2. The smallest absolute Gasteiger partial charge is 0.294 e. The Labute approximate surface area is 304 Å². The zero-order chi connectivity index (χ0) is 37.7. The van der Waals surface area contributed by atoms with Gasteiger partial charge in [-0.25, -0.2) is 0 Å². The molecule has 0 radical (unpaired) electrons. The number of rotatable bonds is 13. The number of fused-ring (bicyclic) bond motifs is 2. The van der Waals surface area contributed by atoms with Gasteiger partial charge in [0.1, 0.15) is 0 Å². The minimum atomic E-state index is -4.38. The summed E-state index contributed by atoms with van der Waals surface area (Å²) in [5.41, 5.74) is 4.14. The lowest BCUT2D eigenvalue weighted by Gasteiger charge is -2.29. The molecule has 0 aliphatic carbocycles. The first-order chi connectivity index (χ1) is 22.7. The summed E-state index contributed by atoms with van der Waals surface area (Å²) in [6.07, 6.45) is 9.41. The van der Waals surface area contributed by atoms with E-state index in [-0.39, 0.29) is 9.79 Å². The van der Waals surface area contributed by atoms with Crippen molar-refractivity contribution in [2.75, 3.05) is 73.4 Å². The fraction of sp³-hybridized carbons (Fsp3) is 0.486. The van der Waals surface area contributed by atoms with Crippen molar-refractivity contribution in [1.82, 2.24) is 0 Å². The Morgan fingerprint density at radius 2 is 1.36 bits per heavy atom. The molecular formula is C37H54ClN4O6S2+3. The molecule has 0 unspecified atom stereocenters. The Balaban J connectivity index is 1.74. The number of nitrogens with zero attached hydrogens (tertiary/aromatic N) is 4. The van der Waals surface area contributed by atoms with Crippen molar-refractivity contribution in [1.29, 1.82) is 0 Å². The molecule has 0 atom stereocenters. The average molecular weight is 750 g/mol. The lowest BCUT2D eigenvalue weighted by molar-refractivity contribution is -0.871. The van der Waals surface area contributed by atoms with Crippen molar-refractivity contribution in [3.63, 3.8) is 0 Å². The van der Waals surface area contributed by atoms with E-state index in [2.05, 4.69) is 51.8 Å². The van der Waals surface area contributed by atoms with E-state index < -0.39 is 31.1 Å². The monoisotopic (exact) mass is 749 g/mol. The number of hydrogen-bond acceptors (Lipinski definition) is 5. The lowest BCUT2D eigenvalue weighted by atomic mass is 9.81. The molecule has 4 rings (SSSR count). The molecule has 0 amide bonds. The molecule has 0 bridgehead atoms. The fourth-order valence-corrected chi connectivity index (χ4v) is 8.03. The summed E-state index contributed by atoms with van der Waals surface area (Å²) in [4.78, 5) is 1.93. The van der Waals surface area contributed by atoms with E-state index in [0.29, 0.717) is 18.1 Å². The third-order valence-electron chi connectivity index (χ3n) is 9.54. The second kappa shape index (κ2) is 13.9. The maximum atomic E-state index is 12.0. The minimum absolute atomic E-state index is 0.139. The molecule has 10 nitrogen and oxygen atoms in total. The zero-order valence-corrected chi connectivity index (χ0v) is 33.4. The molecule has 2 aliphatic rings. The molecule has 2 heterocycles.